The molecule has 0 bridgehead atoms. The molecule has 1 aliphatic carbocycles. The fraction of sp³-hybridized carbons (Fsp3) is 0.448. The molecule has 0 aliphatic heterocycles. The van der Waals surface area contributed by atoms with Crippen molar-refractivity contribution in [2.45, 2.75) is 64.0 Å². The van der Waals surface area contributed by atoms with Gasteiger partial charge in [0.05, 0.1) is 19.3 Å². The highest BCUT2D eigenvalue weighted by atomic mass is 28.4. The van der Waals surface area contributed by atoms with E-state index in [9.17, 15) is 0 Å². The van der Waals surface area contributed by atoms with E-state index in [2.05, 4.69) is 100 Å². The molecule has 1 aliphatic rings. The summed E-state index contributed by atoms with van der Waals surface area (Å²) in [4.78, 5) is 0. The molecular formula is C29H40O2Si. The molecule has 0 saturated heterocycles. The van der Waals surface area contributed by atoms with Crippen LogP contribution in [0.15, 0.2) is 85.5 Å². The lowest BCUT2D eigenvalue weighted by atomic mass is 9.89. The van der Waals surface area contributed by atoms with E-state index in [-0.39, 0.29) is 11.1 Å². The van der Waals surface area contributed by atoms with Crippen LogP contribution in [0.2, 0.25) is 5.04 Å². The van der Waals surface area contributed by atoms with Gasteiger partial charge >= 0.3 is 0 Å². The molecule has 1 fully saturated rings. The Bertz CT molecular complexity index is 793. The molecule has 3 heteroatoms. The summed E-state index contributed by atoms with van der Waals surface area (Å²) in [6.45, 7) is 12.0. The molecule has 172 valence electrons. The molecule has 32 heavy (non-hydrogen) atoms. The second-order valence-electron chi connectivity index (χ2n) is 9.91. The van der Waals surface area contributed by atoms with Crippen molar-refractivity contribution in [3.8, 4) is 0 Å². The minimum absolute atomic E-state index is 0.0394. The normalized spacial score (nSPS) is 16.8. The number of rotatable bonds is 10. The number of ether oxygens (including phenoxy) is 1. The van der Waals surface area contributed by atoms with E-state index in [4.69, 9.17) is 9.16 Å². The molecule has 0 aromatic heterocycles. The van der Waals surface area contributed by atoms with Crippen LogP contribution in [0.4, 0.5) is 0 Å². The molecule has 1 saturated carbocycles. The minimum atomic E-state index is -2.55. The molecular weight excluding hydrogens is 408 g/mol. The third kappa shape index (κ3) is 6.09. The average molecular weight is 449 g/mol. The molecule has 0 amide bonds. The molecule has 0 N–H and O–H groups in total. The van der Waals surface area contributed by atoms with Gasteiger partial charge in [-0.3, -0.25) is 0 Å². The molecule has 0 unspecified atom stereocenters. The zero-order valence-electron chi connectivity index (χ0n) is 20.1. The van der Waals surface area contributed by atoms with Crippen LogP contribution in [0, 0.1) is 5.92 Å². The van der Waals surface area contributed by atoms with Gasteiger partial charge in [0.15, 0.2) is 0 Å². The van der Waals surface area contributed by atoms with Gasteiger partial charge in [-0.2, -0.15) is 0 Å². The van der Waals surface area contributed by atoms with Crippen molar-refractivity contribution in [3.63, 3.8) is 0 Å². The van der Waals surface area contributed by atoms with E-state index >= 15 is 0 Å². The fourth-order valence-electron chi connectivity index (χ4n) is 4.91. The summed E-state index contributed by atoms with van der Waals surface area (Å²) in [6.07, 6.45) is 13.0. The largest absolute Gasteiger partial charge is 0.404 e. The van der Waals surface area contributed by atoms with Crippen molar-refractivity contribution in [2.24, 2.45) is 5.92 Å². The Morgan fingerprint density at radius 3 is 2.00 bits per heavy atom. The van der Waals surface area contributed by atoms with Crippen LogP contribution in [-0.2, 0) is 9.16 Å². The van der Waals surface area contributed by atoms with Gasteiger partial charge in [-0.15, -0.1) is 6.58 Å². The summed E-state index contributed by atoms with van der Waals surface area (Å²) in [6, 6.07) is 21.5. The van der Waals surface area contributed by atoms with Crippen LogP contribution in [0.25, 0.3) is 0 Å². The lowest BCUT2D eigenvalue weighted by molar-refractivity contribution is 0.0650. The Labute approximate surface area is 196 Å². The standard InChI is InChI=1S/C29H40O2Si/c1-5-26(30-23-15-18-25-16-9-6-10-17-25)24-31-32(29(2,3)4,27-19-11-7-12-20-27)28-21-13-8-14-22-28/h5,7-8,11-15,18-22,25-26H,1,6,9-10,16-17,23-24H2,2-4H3/b18-15+/t26-/m1/s1. The monoisotopic (exact) mass is 448 g/mol. The maximum Gasteiger partial charge on any atom is 0.261 e. The molecule has 2 aromatic carbocycles. The summed E-state index contributed by atoms with van der Waals surface area (Å²) in [5.74, 6) is 0.725. The smallest absolute Gasteiger partial charge is 0.261 e. The first-order valence-corrected chi connectivity index (χ1v) is 14.0. The maximum atomic E-state index is 6.98. The summed E-state index contributed by atoms with van der Waals surface area (Å²) < 4.78 is 13.1. The van der Waals surface area contributed by atoms with E-state index < -0.39 is 8.32 Å². The highest BCUT2D eigenvalue weighted by molar-refractivity contribution is 6.99. The lowest BCUT2D eigenvalue weighted by Crippen LogP contribution is -2.67. The van der Waals surface area contributed by atoms with Crippen molar-refractivity contribution in [3.05, 3.63) is 85.5 Å². The lowest BCUT2D eigenvalue weighted by Gasteiger charge is -2.43. The van der Waals surface area contributed by atoms with Gasteiger partial charge in [-0.1, -0.05) is 119 Å². The van der Waals surface area contributed by atoms with E-state index in [0.29, 0.717) is 13.2 Å². The number of hydrogen-bond donors (Lipinski definition) is 0. The predicted octanol–water partition coefficient (Wildman–Crippen LogP) is 6.27. The zero-order valence-corrected chi connectivity index (χ0v) is 21.1. The van der Waals surface area contributed by atoms with Crippen molar-refractivity contribution >= 4 is 18.7 Å². The van der Waals surface area contributed by atoms with Gasteiger partial charge in [0, 0.05) is 0 Å². The predicted molar refractivity (Wildman–Crippen MR) is 139 cm³/mol. The SMILES string of the molecule is C=C[C@H](CO[Si](c1ccccc1)(c1ccccc1)C(C)(C)C)OC/C=C/C1CCCCC1. The van der Waals surface area contributed by atoms with Crippen LogP contribution in [0.5, 0.6) is 0 Å². The molecule has 1 atom stereocenters. The number of allylic oxidation sites excluding steroid dienone is 1. The molecule has 3 rings (SSSR count). The highest BCUT2D eigenvalue weighted by Gasteiger charge is 2.50. The second kappa shape index (κ2) is 11.8. The minimum Gasteiger partial charge on any atom is -0.404 e. The second-order valence-corrected chi connectivity index (χ2v) is 14.2. The van der Waals surface area contributed by atoms with Crippen LogP contribution in [-0.4, -0.2) is 27.6 Å². The zero-order chi connectivity index (χ0) is 22.9. The Morgan fingerprint density at radius 1 is 0.938 bits per heavy atom. The summed E-state index contributed by atoms with van der Waals surface area (Å²) in [5.41, 5.74) is 0. The first-order chi connectivity index (χ1) is 15.5. The average Bonchev–Trinajstić information content (AvgIpc) is 2.82. The summed E-state index contributed by atoms with van der Waals surface area (Å²) in [7, 11) is -2.55. The Hall–Kier alpha value is -1.94. The van der Waals surface area contributed by atoms with E-state index in [1.807, 2.05) is 6.08 Å². The van der Waals surface area contributed by atoms with Crippen LogP contribution >= 0.6 is 0 Å². The number of hydrogen-bond acceptors (Lipinski definition) is 2. The summed E-state index contributed by atoms with van der Waals surface area (Å²) >= 11 is 0. The molecule has 2 aromatic rings. The highest BCUT2D eigenvalue weighted by Crippen LogP contribution is 2.36. The van der Waals surface area contributed by atoms with Gasteiger partial charge in [0.1, 0.15) is 0 Å². The number of benzene rings is 2. The van der Waals surface area contributed by atoms with Gasteiger partial charge in [-0.05, 0) is 34.2 Å². The van der Waals surface area contributed by atoms with Crippen molar-refractivity contribution < 1.29 is 9.16 Å². The topological polar surface area (TPSA) is 18.5 Å². The first kappa shape index (κ1) is 24.7. The van der Waals surface area contributed by atoms with E-state index in [1.165, 1.54) is 42.5 Å². The third-order valence-corrected chi connectivity index (χ3v) is 11.6. The van der Waals surface area contributed by atoms with Crippen molar-refractivity contribution in [1.29, 1.82) is 0 Å². The third-order valence-electron chi connectivity index (χ3n) is 6.61. The van der Waals surface area contributed by atoms with Crippen LogP contribution in [0.1, 0.15) is 52.9 Å². The van der Waals surface area contributed by atoms with Gasteiger partial charge in [-0.25, -0.2) is 0 Å². The van der Waals surface area contributed by atoms with Crippen molar-refractivity contribution in [1.82, 2.24) is 0 Å². The Kier molecular flexibility index (Phi) is 9.09. The van der Waals surface area contributed by atoms with Gasteiger partial charge < -0.3 is 9.16 Å². The van der Waals surface area contributed by atoms with Gasteiger partial charge in [0.25, 0.3) is 8.32 Å². The molecule has 0 radical (unpaired) electrons. The first-order valence-electron chi connectivity index (χ1n) is 12.1. The molecule has 0 spiro atoms. The van der Waals surface area contributed by atoms with Gasteiger partial charge in [0.2, 0.25) is 0 Å². The van der Waals surface area contributed by atoms with E-state index in [1.54, 1.807) is 0 Å². The molecule has 0 heterocycles. The van der Waals surface area contributed by atoms with Crippen LogP contribution in [0.3, 0.4) is 0 Å². The Balaban J connectivity index is 1.75. The fourth-order valence-corrected chi connectivity index (χ4v) is 9.48. The van der Waals surface area contributed by atoms with Crippen LogP contribution < -0.4 is 10.4 Å². The van der Waals surface area contributed by atoms with Crippen molar-refractivity contribution in [2.75, 3.05) is 13.2 Å². The van der Waals surface area contributed by atoms with E-state index in [0.717, 1.165) is 5.92 Å². The Morgan fingerprint density at radius 2 is 1.50 bits per heavy atom. The molecule has 2 nitrogen and oxygen atoms in total. The maximum absolute atomic E-state index is 6.98. The quantitative estimate of drug-likeness (QED) is 0.315. The summed E-state index contributed by atoms with van der Waals surface area (Å²) in [5, 5.41) is 2.54.